The van der Waals surface area contributed by atoms with Crippen LogP contribution in [0.15, 0.2) is 0 Å². The third-order valence-corrected chi connectivity index (χ3v) is 2.78. The molecule has 0 aromatic carbocycles. The molecule has 1 aliphatic rings. The number of ether oxygens (including phenoxy) is 1. The van der Waals surface area contributed by atoms with Gasteiger partial charge in [-0.3, -0.25) is 0 Å². The number of hydrogen-bond acceptors (Lipinski definition) is 2. The summed E-state index contributed by atoms with van der Waals surface area (Å²) in [4.78, 5) is 0. The van der Waals surface area contributed by atoms with Crippen LogP contribution in [0, 0.1) is 5.92 Å². The molecule has 1 saturated carbocycles. The molecule has 2 N–H and O–H groups in total. The molecule has 1 rings (SSSR count). The molecule has 0 aromatic rings. The van der Waals surface area contributed by atoms with Gasteiger partial charge in [-0.25, -0.2) is 0 Å². The topological polar surface area (TPSA) is 33.3 Å². The van der Waals surface area contributed by atoms with E-state index in [1.807, 2.05) is 6.92 Å². The molecule has 1 aliphatic carbocycles. The summed E-state index contributed by atoms with van der Waals surface area (Å²) in [6, 6.07) is 0. The molecule has 0 heterocycles. The molecule has 1 fully saturated rings. The fourth-order valence-corrected chi connectivity index (χ4v) is 1.58. The SMILES string of the molecule is CCOCCCNC(=S)NCCC1CC1. The third kappa shape index (κ3) is 7.56. The van der Waals surface area contributed by atoms with Crippen LogP contribution in [0.4, 0.5) is 0 Å². The lowest BCUT2D eigenvalue weighted by Crippen LogP contribution is -2.36. The molecular weight excluding hydrogens is 208 g/mol. The fraction of sp³-hybridized carbons (Fsp3) is 0.909. The summed E-state index contributed by atoms with van der Waals surface area (Å²) in [5.41, 5.74) is 0. The number of hydrogen-bond donors (Lipinski definition) is 2. The average molecular weight is 230 g/mol. The van der Waals surface area contributed by atoms with Crippen LogP contribution in [0.5, 0.6) is 0 Å². The molecule has 0 radical (unpaired) electrons. The number of thiocarbonyl (C=S) groups is 1. The Morgan fingerprint density at radius 1 is 1.33 bits per heavy atom. The van der Waals surface area contributed by atoms with Crippen LogP contribution in [0.3, 0.4) is 0 Å². The second-order valence-electron chi connectivity index (χ2n) is 3.97. The highest BCUT2D eigenvalue weighted by Gasteiger charge is 2.20. The Balaban J connectivity index is 1.80. The third-order valence-electron chi connectivity index (χ3n) is 2.49. The van der Waals surface area contributed by atoms with E-state index in [0.29, 0.717) is 0 Å². The molecule has 15 heavy (non-hydrogen) atoms. The van der Waals surface area contributed by atoms with Crippen LogP contribution in [0.1, 0.15) is 32.6 Å². The normalized spacial score (nSPS) is 15.0. The van der Waals surface area contributed by atoms with Crippen LogP contribution in [0.25, 0.3) is 0 Å². The Bertz CT molecular complexity index is 183. The van der Waals surface area contributed by atoms with E-state index in [1.165, 1.54) is 19.3 Å². The highest BCUT2D eigenvalue weighted by atomic mass is 32.1. The van der Waals surface area contributed by atoms with Crippen LogP contribution < -0.4 is 10.6 Å². The highest BCUT2D eigenvalue weighted by Crippen LogP contribution is 2.31. The molecule has 0 unspecified atom stereocenters. The van der Waals surface area contributed by atoms with Crippen LogP contribution in [0.2, 0.25) is 0 Å². The summed E-state index contributed by atoms with van der Waals surface area (Å²) in [5.74, 6) is 0.971. The first kappa shape index (κ1) is 12.7. The van der Waals surface area contributed by atoms with Gasteiger partial charge in [-0.15, -0.1) is 0 Å². The van der Waals surface area contributed by atoms with Crippen molar-refractivity contribution >= 4 is 17.3 Å². The van der Waals surface area contributed by atoms with Gasteiger partial charge in [-0.2, -0.15) is 0 Å². The molecule has 0 aliphatic heterocycles. The quantitative estimate of drug-likeness (QED) is 0.491. The van der Waals surface area contributed by atoms with Crippen molar-refractivity contribution in [2.45, 2.75) is 32.6 Å². The van der Waals surface area contributed by atoms with Gasteiger partial charge in [0, 0.05) is 26.3 Å². The van der Waals surface area contributed by atoms with Gasteiger partial charge in [0.15, 0.2) is 5.11 Å². The van der Waals surface area contributed by atoms with E-state index in [0.717, 1.165) is 43.8 Å². The van der Waals surface area contributed by atoms with E-state index < -0.39 is 0 Å². The monoisotopic (exact) mass is 230 g/mol. The van der Waals surface area contributed by atoms with Crippen molar-refractivity contribution in [1.29, 1.82) is 0 Å². The molecule has 88 valence electrons. The number of nitrogens with one attached hydrogen (secondary N) is 2. The minimum absolute atomic E-state index is 0.784. The first-order valence-corrected chi connectivity index (χ1v) is 6.33. The van der Waals surface area contributed by atoms with Crippen molar-refractivity contribution in [3.05, 3.63) is 0 Å². The predicted octanol–water partition coefficient (Wildman–Crippen LogP) is 1.68. The van der Waals surface area contributed by atoms with E-state index in [-0.39, 0.29) is 0 Å². The molecule has 0 bridgehead atoms. The summed E-state index contributed by atoms with van der Waals surface area (Å²) in [6.07, 6.45) is 5.10. The van der Waals surface area contributed by atoms with Gasteiger partial charge in [-0.1, -0.05) is 12.8 Å². The Morgan fingerprint density at radius 3 is 2.73 bits per heavy atom. The molecular formula is C11H22N2OS. The van der Waals surface area contributed by atoms with Crippen molar-refractivity contribution in [2.75, 3.05) is 26.3 Å². The van der Waals surface area contributed by atoms with E-state index in [9.17, 15) is 0 Å². The summed E-state index contributed by atoms with van der Waals surface area (Å²) in [5, 5.41) is 7.18. The van der Waals surface area contributed by atoms with Gasteiger partial charge in [0.2, 0.25) is 0 Å². The van der Waals surface area contributed by atoms with E-state index >= 15 is 0 Å². The summed E-state index contributed by atoms with van der Waals surface area (Å²) < 4.78 is 5.23. The van der Waals surface area contributed by atoms with E-state index in [4.69, 9.17) is 17.0 Å². The Hall–Kier alpha value is -0.350. The van der Waals surface area contributed by atoms with Gasteiger partial charge in [0.05, 0.1) is 0 Å². The second-order valence-corrected chi connectivity index (χ2v) is 4.37. The largest absolute Gasteiger partial charge is 0.382 e. The highest BCUT2D eigenvalue weighted by molar-refractivity contribution is 7.80. The van der Waals surface area contributed by atoms with Crippen LogP contribution in [-0.4, -0.2) is 31.4 Å². The van der Waals surface area contributed by atoms with Gasteiger partial charge in [0.1, 0.15) is 0 Å². The van der Waals surface area contributed by atoms with Crippen LogP contribution >= 0.6 is 12.2 Å². The second kappa shape index (κ2) is 7.88. The minimum atomic E-state index is 0.784. The zero-order valence-corrected chi connectivity index (χ0v) is 10.4. The van der Waals surface area contributed by atoms with Gasteiger partial charge in [-0.05, 0) is 37.9 Å². The average Bonchev–Trinajstić information content (AvgIpc) is 3.01. The standard InChI is InChI=1S/C11H22N2OS/c1-2-14-9-3-7-12-11(15)13-8-6-10-4-5-10/h10H,2-9H2,1H3,(H2,12,13,15). The van der Waals surface area contributed by atoms with Crippen LogP contribution in [-0.2, 0) is 4.74 Å². The lowest BCUT2D eigenvalue weighted by atomic mass is 10.3. The first-order valence-electron chi connectivity index (χ1n) is 5.92. The molecule has 0 spiro atoms. The molecule has 0 saturated heterocycles. The predicted molar refractivity (Wildman–Crippen MR) is 67.1 cm³/mol. The summed E-state index contributed by atoms with van der Waals surface area (Å²) >= 11 is 5.14. The molecule has 0 aromatic heterocycles. The number of rotatable bonds is 8. The Labute approximate surface area is 98.0 Å². The van der Waals surface area contributed by atoms with Gasteiger partial charge >= 0.3 is 0 Å². The molecule has 4 heteroatoms. The van der Waals surface area contributed by atoms with Crippen molar-refractivity contribution in [3.63, 3.8) is 0 Å². The molecule has 3 nitrogen and oxygen atoms in total. The van der Waals surface area contributed by atoms with E-state index in [1.54, 1.807) is 0 Å². The minimum Gasteiger partial charge on any atom is -0.382 e. The molecule has 0 amide bonds. The lowest BCUT2D eigenvalue weighted by molar-refractivity contribution is 0.145. The smallest absolute Gasteiger partial charge is 0.166 e. The van der Waals surface area contributed by atoms with Gasteiger partial charge in [0.25, 0.3) is 0 Å². The maximum Gasteiger partial charge on any atom is 0.166 e. The maximum absolute atomic E-state index is 5.23. The maximum atomic E-state index is 5.23. The van der Waals surface area contributed by atoms with E-state index in [2.05, 4.69) is 10.6 Å². The molecule has 0 atom stereocenters. The first-order chi connectivity index (χ1) is 7.33. The van der Waals surface area contributed by atoms with Crippen molar-refractivity contribution < 1.29 is 4.74 Å². The van der Waals surface area contributed by atoms with Crippen molar-refractivity contribution in [3.8, 4) is 0 Å². The zero-order valence-electron chi connectivity index (χ0n) is 9.55. The van der Waals surface area contributed by atoms with Gasteiger partial charge < -0.3 is 15.4 Å². The zero-order chi connectivity index (χ0) is 10.9. The summed E-state index contributed by atoms with van der Waals surface area (Å²) in [6.45, 7) is 5.53. The fourth-order valence-electron chi connectivity index (χ4n) is 1.38. The van der Waals surface area contributed by atoms with Crippen molar-refractivity contribution in [2.24, 2.45) is 5.92 Å². The van der Waals surface area contributed by atoms with Crippen molar-refractivity contribution in [1.82, 2.24) is 10.6 Å². The Morgan fingerprint density at radius 2 is 2.07 bits per heavy atom. The lowest BCUT2D eigenvalue weighted by Gasteiger charge is -2.09. The summed E-state index contributed by atoms with van der Waals surface area (Å²) in [7, 11) is 0. The Kier molecular flexibility index (Phi) is 6.68.